The number of allylic oxidation sites excluding steroid dienone is 3. The second-order valence-electron chi connectivity index (χ2n) is 32.6. The van der Waals surface area contributed by atoms with Gasteiger partial charge in [0.15, 0.2) is 41.8 Å². The number of imide groups is 1. The van der Waals surface area contributed by atoms with Crippen LogP contribution in [0.4, 0.5) is 4.79 Å². The highest BCUT2D eigenvalue weighted by molar-refractivity contribution is 14.1. The summed E-state index contributed by atoms with van der Waals surface area (Å²) >= 11 is 2.74. The molecular formula is C90H132IN7O35S3. The molecule has 2 aliphatic carbocycles. The first-order valence-corrected chi connectivity index (χ1v) is 49.3. The van der Waals surface area contributed by atoms with E-state index < -0.39 is 162 Å². The molecule has 762 valence electrons. The Morgan fingerprint density at radius 1 is 0.684 bits per heavy atom. The number of aliphatic hydroxyl groups excluding tert-OH is 5. The zero-order valence-corrected chi connectivity index (χ0v) is 83.3. The molecule has 0 aromatic heterocycles. The predicted molar refractivity (Wildman–Crippen MR) is 499 cm³/mol. The number of fused-ring (bicyclic) bond motifs is 2. The largest absolute Gasteiger partial charge is 0.492 e. The summed E-state index contributed by atoms with van der Waals surface area (Å²) in [6.07, 6.45) is -12.1. The van der Waals surface area contributed by atoms with Crippen molar-refractivity contribution in [1.29, 1.82) is 0 Å². The van der Waals surface area contributed by atoms with E-state index in [1.807, 2.05) is 43.4 Å². The van der Waals surface area contributed by atoms with Gasteiger partial charge in [-0.3, -0.25) is 53.4 Å². The highest BCUT2D eigenvalue weighted by Crippen LogP contribution is 2.50. The van der Waals surface area contributed by atoms with Crippen molar-refractivity contribution >= 4 is 108 Å². The van der Waals surface area contributed by atoms with Gasteiger partial charge in [0.25, 0.3) is 11.8 Å². The van der Waals surface area contributed by atoms with Crippen LogP contribution in [0.15, 0.2) is 47.2 Å². The molecule has 2 bridgehead atoms. The van der Waals surface area contributed by atoms with Gasteiger partial charge < -0.3 is 141 Å². The number of hydrogen-bond donors (Lipinski definition) is 11. The van der Waals surface area contributed by atoms with Crippen LogP contribution in [-0.4, -0.2) is 393 Å². The number of aliphatic hydroxyl groups is 6. The van der Waals surface area contributed by atoms with Crippen LogP contribution in [0.2, 0.25) is 0 Å². The van der Waals surface area contributed by atoms with E-state index in [-0.39, 0.29) is 147 Å². The maximum atomic E-state index is 14.6. The molecule has 4 saturated heterocycles. The third kappa shape index (κ3) is 34.8. The van der Waals surface area contributed by atoms with Crippen molar-refractivity contribution in [3.05, 3.63) is 61.9 Å². The Bertz CT molecular complexity index is 4310. The average Bonchev–Trinajstić information content (AvgIpc) is 0.971. The lowest BCUT2D eigenvalue weighted by molar-refractivity contribution is -0.337. The Labute approximate surface area is 817 Å². The molecule has 8 rings (SSSR count). The number of nitrogens with zero attached hydrogens (tertiary/aromatic N) is 2. The maximum Gasteiger partial charge on any atom is 0.411 e. The van der Waals surface area contributed by atoms with Crippen LogP contribution in [0.5, 0.6) is 17.2 Å². The lowest BCUT2D eigenvalue weighted by atomic mass is 9.75. The number of hydrogen-bond acceptors (Lipinski definition) is 39. The first-order chi connectivity index (χ1) is 65.2. The van der Waals surface area contributed by atoms with Crippen molar-refractivity contribution in [1.82, 2.24) is 36.5 Å². The molecule has 0 unspecified atom stereocenters. The number of methoxy groups -OCH3 is 4. The molecule has 11 N–H and O–H groups in total. The van der Waals surface area contributed by atoms with Crippen molar-refractivity contribution < 1.29 is 169 Å². The van der Waals surface area contributed by atoms with Crippen molar-refractivity contribution in [3.63, 3.8) is 0 Å². The number of benzene rings is 1. The quantitative estimate of drug-likeness (QED) is 0.0110. The molecule has 7 aliphatic rings. The zero-order valence-electron chi connectivity index (χ0n) is 78.7. The van der Waals surface area contributed by atoms with Crippen LogP contribution in [-0.2, 0) is 114 Å². The first kappa shape index (κ1) is 114. The number of amides is 7. The third-order valence-corrected chi connectivity index (χ3v) is 28.4. The standard InChI is InChI=1S/C90H132IN7O35S3/c1-13-97(57(6)100)60-52-126-70(49-64(60)114-9)131-82-79(110)75(96-133-71-48-61(101)84(56(5)127-71)135-85(111)72-53(2)74(91)81(83(116-11)80(72)115-10)132-86-78(109)58(51-99)77(108)55(4)129-86)54(3)128-87(82)130-63-18-16-14-15-17-25-90(113)50-62(102)76(95-88(112)117-12)73(63)59(90)24-47-134-136-89(7,8)26-21-65(103)92-27-28-93-67(105)23-31-118-33-35-120-37-39-122-41-43-124-45-46-125-44-42-123-40-38-121-36-34-119-32-29-94-66(104)22-30-98-68(106)19-20-69(98)107/h14-15,19-20,24,54-56,58,60-61,63-64,70-71,75,77-79,82,84,86-87,96,99,101,108-110,113H,13,21-23,26-52H2,1-12H3,(H,92,103)(H,93,105)(H,94,104)(H,95,112)/b15-14-,59-24+/t54-,55+,56-,58-,60+,61+,63+,64+,70+,71+,75-,77+,78-,79+,82-,84-,86+,87+,90+/m1/s1. The van der Waals surface area contributed by atoms with Crippen molar-refractivity contribution in [2.24, 2.45) is 5.92 Å². The molecule has 136 heavy (non-hydrogen) atoms. The van der Waals surface area contributed by atoms with Gasteiger partial charge in [0.1, 0.15) is 24.4 Å². The number of likely N-dealkylation sites (N-methyl/N-ethyl adjacent to an activating group) is 1. The van der Waals surface area contributed by atoms with E-state index in [9.17, 15) is 73.8 Å². The fraction of sp³-hybridized carbons (Fsp3) is 0.700. The molecule has 0 radical (unpaired) electrons. The summed E-state index contributed by atoms with van der Waals surface area (Å²) in [6.45, 7) is 19.5. The van der Waals surface area contributed by atoms with Crippen LogP contribution < -0.4 is 41.0 Å². The number of rotatable bonds is 58. The van der Waals surface area contributed by atoms with Gasteiger partial charge in [-0.2, -0.15) is 5.48 Å². The minimum atomic E-state index is -2.23. The van der Waals surface area contributed by atoms with Gasteiger partial charge in [0, 0.05) is 119 Å². The number of hydroxylamine groups is 1. The lowest BCUT2D eigenvalue weighted by Gasteiger charge is -2.47. The van der Waals surface area contributed by atoms with Gasteiger partial charge in [-0.05, 0) is 95.2 Å². The highest BCUT2D eigenvalue weighted by Gasteiger charge is 2.53. The second-order valence-corrected chi connectivity index (χ2v) is 37.9. The summed E-state index contributed by atoms with van der Waals surface area (Å²) in [5.74, 6) is 8.02. The molecule has 4 fully saturated rings. The summed E-state index contributed by atoms with van der Waals surface area (Å²) < 4.78 is 111. The third-order valence-electron chi connectivity index (χ3n) is 22.6. The molecule has 0 spiro atoms. The number of ether oxygens (including phenoxy) is 19. The number of halogens is 1. The molecule has 5 aliphatic heterocycles. The summed E-state index contributed by atoms with van der Waals surface area (Å²) in [5, 5.41) is 78.6. The molecular weight excluding hydrogens is 1960 g/mol. The molecule has 5 heterocycles. The number of carbonyl (C=O) groups excluding carboxylic acids is 9. The number of alkyl carbamates (subject to hydrolysis) is 1. The minimum absolute atomic E-state index is 0.0165. The topological polar surface area (TPSA) is 526 Å². The lowest BCUT2D eigenvalue weighted by Crippen LogP contribution is -2.65. The number of carbonyl (C=O) groups is 9. The molecule has 1 aromatic carbocycles. The van der Waals surface area contributed by atoms with Crippen molar-refractivity contribution in [2.45, 2.75) is 214 Å². The van der Waals surface area contributed by atoms with Crippen LogP contribution in [0.1, 0.15) is 109 Å². The average molecular weight is 2100 g/mol. The Hall–Kier alpha value is -6.81. The smallest absolute Gasteiger partial charge is 0.411 e. The Kier molecular flexibility index (Phi) is 49.8. The van der Waals surface area contributed by atoms with Gasteiger partial charge in [-0.25, -0.2) is 4.79 Å². The summed E-state index contributed by atoms with van der Waals surface area (Å²) in [5.41, 5.74) is 0.645. The van der Waals surface area contributed by atoms with E-state index in [2.05, 4.69) is 50.4 Å². The van der Waals surface area contributed by atoms with Gasteiger partial charge in [0.05, 0.1) is 215 Å². The Morgan fingerprint density at radius 3 is 1.83 bits per heavy atom. The second kappa shape index (κ2) is 59.2. The number of ketones is 1. The zero-order chi connectivity index (χ0) is 99.0. The van der Waals surface area contributed by atoms with Gasteiger partial charge in [0.2, 0.25) is 40.8 Å². The maximum absolute atomic E-state index is 14.6. The van der Waals surface area contributed by atoms with E-state index in [4.69, 9.17) is 94.8 Å². The minimum Gasteiger partial charge on any atom is -0.492 e. The monoisotopic (exact) mass is 2090 g/mol. The van der Waals surface area contributed by atoms with Crippen LogP contribution in [0.3, 0.4) is 0 Å². The van der Waals surface area contributed by atoms with Crippen LogP contribution >= 0.6 is 55.9 Å². The van der Waals surface area contributed by atoms with Gasteiger partial charge >= 0.3 is 6.09 Å². The first-order valence-electron chi connectivity index (χ1n) is 45.0. The summed E-state index contributed by atoms with van der Waals surface area (Å²) in [4.78, 5) is 125. The van der Waals surface area contributed by atoms with E-state index in [0.29, 0.717) is 115 Å². The van der Waals surface area contributed by atoms with E-state index in [1.54, 1.807) is 38.7 Å². The number of thioether (sulfide) groups is 1. The fourth-order valence-electron chi connectivity index (χ4n) is 15.2. The molecule has 0 saturated carbocycles. The molecule has 19 atom stereocenters. The number of Topliss-reactive ketones (excluding diaryl/α,β-unsaturated/α-hetero) is 1. The SMILES string of the molecule is CCN(C(C)=O)[C@H]1CO[C@@H](O[C@H]2[C@H](O[C@H]3C#C/C=C\C#C[C@]4(O)CC(=O)C(NC(=O)OC)=C3/C4=C\CSSC(C)(C)CCC(=O)NCCNC(=O)CCOCCOCCOCCOCCOCCOCCOCCOCCNC(=O)CCN3C(=O)C=CC3=O)O[C@H](C)[C@@H](NO[C@H]3C[C@H](O)[C@H](SC(=O)c4c(C)c(I)c(O[C@@H]5O[C@@H](C)[C@H](O)[C@@H](CO)[C@H]5O)c(OC)c4OC)[C@@H](C)O3)[C@@H]2O)C[C@@H]1OC. The van der Waals surface area contributed by atoms with Crippen molar-refractivity contribution in [2.75, 3.05) is 186 Å². The Balaban J connectivity index is 0.773. The molecule has 46 heteroatoms. The van der Waals surface area contributed by atoms with E-state index >= 15 is 0 Å². The van der Waals surface area contributed by atoms with Gasteiger partial charge in [-0.1, -0.05) is 63.1 Å². The summed E-state index contributed by atoms with van der Waals surface area (Å²) in [7, 11) is 8.04. The van der Waals surface area contributed by atoms with Crippen LogP contribution in [0.25, 0.3) is 0 Å². The molecule has 42 nitrogen and oxygen atoms in total. The Morgan fingerprint density at radius 2 is 1.26 bits per heavy atom. The van der Waals surface area contributed by atoms with E-state index in [0.717, 1.165) is 23.8 Å². The highest BCUT2D eigenvalue weighted by atomic mass is 127. The summed E-state index contributed by atoms with van der Waals surface area (Å²) in [6, 6.07) is -1.76. The van der Waals surface area contributed by atoms with Crippen LogP contribution in [0, 0.1) is 40.1 Å². The molecule has 1 aromatic rings. The fourth-order valence-corrected chi connectivity index (χ4v) is 19.4. The van der Waals surface area contributed by atoms with Gasteiger partial charge in [-0.15, -0.1) is 0 Å². The predicted octanol–water partition coefficient (Wildman–Crippen LogP) is 1.52. The number of nitrogens with one attached hydrogen (secondary N) is 5. The van der Waals surface area contributed by atoms with E-state index in [1.165, 1.54) is 74.1 Å². The normalized spacial score (nSPS) is 27.2. The van der Waals surface area contributed by atoms with Crippen molar-refractivity contribution in [3.8, 4) is 40.9 Å². The molecule has 7 amide bonds.